The van der Waals surface area contributed by atoms with Crippen LogP contribution in [0, 0.1) is 80.5 Å². The monoisotopic (exact) mass is 1180 g/mol. The van der Waals surface area contributed by atoms with Gasteiger partial charge in [0.25, 0.3) is 0 Å². The van der Waals surface area contributed by atoms with E-state index in [-0.39, 0.29) is 21.4 Å². The van der Waals surface area contributed by atoms with Gasteiger partial charge in [0.15, 0.2) is 0 Å². The van der Waals surface area contributed by atoms with Gasteiger partial charge in [-0.25, -0.2) is 0 Å². The molecule has 0 unspecified atom stereocenters. The molecule has 392 valence electrons. The number of nitrogens with zero attached hydrogens (tertiary/aromatic N) is 4. The number of nitrogens with one attached hydrogen (secondary N) is 3. The Hall–Kier alpha value is -6.68. The van der Waals surface area contributed by atoms with Crippen molar-refractivity contribution in [3.05, 3.63) is 174 Å². The Morgan fingerprint density at radius 1 is 0.413 bits per heavy atom. The molecule has 3 aromatic carbocycles. The van der Waals surface area contributed by atoms with Gasteiger partial charge in [0.05, 0.1) is 0 Å². The number of hydrogen-bond acceptors (Lipinski definition) is 10. The SMILES string of the molecule is O=S(=O)(O)CCNc1c(F)c(F)c(C2=C3C=CC(=N3)C(c3c(F)c(F)c(NCCS(=O)(=O)O)c(F)c3F)=c3ccc4[n]3[Ga]3[n]5c2ccc5C(c2c(F)c(F)c(NCCS(=O)(=O)O)c(F)c2F)=c2ccc=4[n]23)c(F)c1F. The Kier molecular flexibility index (Phi) is 12.4. The summed E-state index contributed by atoms with van der Waals surface area (Å²) in [7, 11) is -14.4. The molecular weight excluding hydrogens is 1150 g/mol. The molecule has 32 heteroatoms. The molecule has 0 aliphatic carbocycles. The maximum absolute atomic E-state index is 16.8. The van der Waals surface area contributed by atoms with E-state index in [4.69, 9.17) is 13.7 Å². The third kappa shape index (κ3) is 8.27. The molecule has 16 nitrogen and oxygen atoms in total. The van der Waals surface area contributed by atoms with E-state index in [1.54, 1.807) is 0 Å². The van der Waals surface area contributed by atoms with E-state index in [2.05, 4.69) is 4.99 Å². The Bertz CT molecular complexity index is 4230. The van der Waals surface area contributed by atoms with Crippen LogP contribution in [0.1, 0.15) is 28.1 Å². The van der Waals surface area contributed by atoms with Crippen LogP contribution in [0.25, 0.3) is 16.7 Å². The van der Waals surface area contributed by atoms with Gasteiger partial charge in [0.2, 0.25) is 0 Å². The summed E-state index contributed by atoms with van der Waals surface area (Å²) in [6, 6.07) is 7.14. The van der Waals surface area contributed by atoms with E-state index < -0.39 is 227 Å². The van der Waals surface area contributed by atoms with Crippen LogP contribution in [0.5, 0.6) is 0 Å². The molecule has 75 heavy (non-hydrogen) atoms. The van der Waals surface area contributed by atoms with Crippen LogP contribution in [0.4, 0.5) is 69.7 Å². The summed E-state index contributed by atoms with van der Waals surface area (Å²) >= 11 is -4.72. The summed E-state index contributed by atoms with van der Waals surface area (Å²) in [6.07, 6.45) is 1.81. The molecule has 6 aromatic rings. The number of allylic oxidation sites excluding steroid dienone is 2. The molecule has 0 atom stereocenters. The van der Waals surface area contributed by atoms with Crippen LogP contribution < -0.4 is 26.6 Å². The van der Waals surface area contributed by atoms with E-state index >= 15 is 52.7 Å². The van der Waals surface area contributed by atoms with Crippen LogP contribution in [0.15, 0.2) is 59.2 Å². The number of rotatable bonds is 15. The molecule has 7 heterocycles. The number of aliphatic imine (C=N–C) groups is 1. The molecule has 6 N–H and O–H groups in total. The normalized spacial score (nSPS) is 14.6. The van der Waals surface area contributed by atoms with Gasteiger partial charge in [-0.15, -0.1) is 0 Å². The quantitative estimate of drug-likeness (QED) is 0.0355. The molecule has 4 aliphatic heterocycles. The molecule has 3 aromatic heterocycles. The third-order valence-corrected chi connectivity index (χ3v) is 21.0. The van der Waals surface area contributed by atoms with Crippen molar-refractivity contribution in [2.75, 3.05) is 52.8 Å². The molecule has 0 saturated heterocycles. The van der Waals surface area contributed by atoms with Crippen molar-refractivity contribution in [3.63, 3.8) is 0 Å². The van der Waals surface area contributed by atoms with Crippen LogP contribution in [-0.2, 0) is 30.4 Å². The molecule has 0 amide bonds. The molecule has 0 fully saturated rings. The molecule has 0 spiro atoms. The van der Waals surface area contributed by atoms with Gasteiger partial charge in [-0.2, -0.15) is 0 Å². The Balaban J connectivity index is 1.31. The zero-order valence-electron chi connectivity index (χ0n) is 36.8. The second-order valence-electron chi connectivity index (χ2n) is 16.8. The van der Waals surface area contributed by atoms with Crippen molar-refractivity contribution in [2.45, 2.75) is 0 Å². The van der Waals surface area contributed by atoms with E-state index in [9.17, 15) is 25.3 Å². The maximum atomic E-state index is 16.8. The molecule has 0 radical (unpaired) electrons. The summed E-state index contributed by atoms with van der Waals surface area (Å²) in [5.41, 5.74) is -13.9. The van der Waals surface area contributed by atoms with Crippen molar-refractivity contribution < 1.29 is 91.6 Å². The van der Waals surface area contributed by atoms with Crippen molar-refractivity contribution in [1.29, 1.82) is 0 Å². The Morgan fingerprint density at radius 2 is 0.733 bits per heavy atom. The van der Waals surface area contributed by atoms with Crippen LogP contribution in [-0.4, -0.2) is 108 Å². The summed E-state index contributed by atoms with van der Waals surface area (Å²) in [5, 5.41) is 5.18. The number of anilines is 3. The number of aromatic nitrogens is 3. The van der Waals surface area contributed by atoms with Gasteiger partial charge >= 0.3 is 420 Å². The topological polar surface area (TPSA) is 226 Å². The Labute approximate surface area is 417 Å². The fourth-order valence-electron chi connectivity index (χ4n) is 9.41. The van der Waals surface area contributed by atoms with Crippen molar-refractivity contribution in [2.24, 2.45) is 4.99 Å². The first-order chi connectivity index (χ1) is 35.1. The second-order valence-corrected chi connectivity index (χ2v) is 26.2. The minimum atomic E-state index is -4.81. The number of fused-ring (bicyclic) bond motifs is 1. The van der Waals surface area contributed by atoms with E-state index in [0.29, 0.717) is 0 Å². The zero-order chi connectivity index (χ0) is 54.3. The first-order valence-electron chi connectivity index (χ1n) is 21.2. The molecule has 10 rings (SSSR count). The van der Waals surface area contributed by atoms with Gasteiger partial charge < -0.3 is 0 Å². The average molecular weight is 1180 g/mol. The van der Waals surface area contributed by atoms with Crippen LogP contribution >= 0.6 is 0 Å². The van der Waals surface area contributed by atoms with E-state index in [1.807, 2.05) is 16.0 Å². The van der Waals surface area contributed by atoms with Gasteiger partial charge in [-0.1, -0.05) is 0 Å². The van der Waals surface area contributed by atoms with E-state index in [1.165, 1.54) is 30.8 Å². The fourth-order valence-corrected chi connectivity index (χ4v) is 17.8. The summed E-state index contributed by atoms with van der Waals surface area (Å²) in [6.45, 7) is -2.95. The second kappa shape index (κ2) is 18.0. The molecular formula is C43H26F12GaN7O9S3. The predicted octanol–water partition coefficient (Wildman–Crippen LogP) is 4.73. The van der Waals surface area contributed by atoms with Gasteiger partial charge in [-0.05, 0) is 0 Å². The van der Waals surface area contributed by atoms with Crippen molar-refractivity contribution in [1.82, 2.24) is 9.82 Å². The van der Waals surface area contributed by atoms with Crippen LogP contribution in [0.2, 0.25) is 0 Å². The zero-order valence-corrected chi connectivity index (χ0v) is 41.7. The number of hydrogen-bond donors (Lipinski definition) is 6. The van der Waals surface area contributed by atoms with Gasteiger partial charge in [-0.3, -0.25) is 0 Å². The fraction of sp³-hybridized carbons (Fsp3) is 0.140. The Morgan fingerprint density at radius 3 is 1.11 bits per heavy atom. The van der Waals surface area contributed by atoms with Crippen molar-refractivity contribution >= 4 is 86.8 Å². The standard InChI is InChI=1S/C43H26F12N7O9S3.Ga/c44-29-26(30(45)36(51)41(35(29)50)56-9-12-72(63,64)65)23-17-3-1-15(59-17)16-2-4-18(60-16)24(27-31(46)37(52)42(38(53)32(27)47)57-10-13-73(66,67)68)20-6-8-22(62-20)25(21-7-5-19(23)61-21)28-33(48)39(54)43(40(55)34(28)49)58-11-14-74(69,70)71;/h1-8,56-58H,9-14H2,(H,63,64,65)(H,66,67,68)(H,69,70,71);/q-3;+3. The molecule has 2 bridgehead atoms. The molecule has 4 aliphatic rings. The summed E-state index contributed by atoms with van der Waals surface area (Å²) < 4.78 is 296. The molecule has 0 saturated carbocycles. The first kappa shape index (κ1) is 51.8. The third-order valence-electron chi connectivity index (χ3n) is 12.4. The average Bonchev–Trinajstić information content (AvgIpc) is 4.21. The number of benzene rings is 3. The summed E-state index contributed by atoms with van der Waals surface area (Å²) in [4.78, 5) is 4.31. The summed E-state index contributed by atoms with van der Waals surface area (Å²) in [5.74, 6) is -29.4. The van der Waals surface area contributed by atoms with E-state index in [0.717, 1.165) is 27.6 Å². The first-order valence-corrected chi connectivity index (χ1v) is 29.3. The van der Waals surface area contributed by atoms with Crippen molar-refractivity contribution in [3.8, 4) is 0 Å². The van der Waals surface area contributed by atoms with Gasteiger partial charge in [0, 0.05) is 0 Å². The predicted molar refractivity (Wildman–Crippen MR) is 242 cm³/mol. The number of halogens is 12. The van der Waals surface area contributed by atoms with Gasteiger partial charge in [0.1, 0.15) is 0 Å². The minimum absolute atomic E-state index is 0.0659. The van der Waals surface area contributed by atoms with Crippen LogP contribution in [0.3, 0.4) is 0 Å².